The average Bonchev–Trinajstić information content (AvgIpc) is 2.73. The summed E-state index contributed by atoms with van der Waals surface area (Å²) in [6, 6.07) is 4.93. The summed E-state index contributed by atoms with van der Waals surface area (Å²) >= 11 is 5.95. The third-order valence-electron chi connectivity index (χ3n) is 5.34. The number of piperidine rings is 1. The molecular weight excluding hydrogens is 334 g/mol. The molecular formula is C16H20ClN3O4. The van der Waals surface area contributed by atoms with E-state index in [1.165, 1.54) is 23.1 Å². The van der Waals surface area contributed by atoms with Gasteiger partial charge in [-0.3, -0.25) is 10.1 Å². The van der Waals surface area contributed by atoms with Crippen molar-refractivity contribution in [1.29, 1.82) is 0 Å². The van der Waals surface area contributed by atoms with Gasteiger partial charge in [-0.1, -0.05) is 11.6 Å². The molecule has 2 fully saturated rings. The number of nitrogens with zero attached hydrogens (tertiary/aromatic N) is 3. The number of fused-ring (bicyclic) bond motifs is 2. The second kappa shape index (κ2) is 6.57. The predicted octanol–water partition coefficient (Wildman–Crippen LogP) is 3.35. The molecule has 24 heavy (non-hydrogen) atoms. The molecule has 2 bridgehead atoms. The van der Waals surface area contributed by atoms with E-state index in [-0.39, 0.29) is 18.3 Å². The minimum atomic E-state index is -1.04. The molecule has 0 radical (unpaired) electrons. The number of hydrogen-bond donors (Lipinski definition) is 1. The average molecular weight is 354 g/mol. The lowest BCUT2D eigenvalue weighted by Crippen LogP contribution is -2.50. The van der Waals surface area contributed by atoms with Crippen molar-refractivity contribution in [3.63, 3.8) is 0 Å². The molecule has 2 aliphatic rings. The molecule has 3 atom stereocenters. The van der Waals surface area contributed by atoms with E-state index in [0.29, 0.717) is 22.7 Å². The molecule has 8 heteroatoms. The zero-order valence-electron chi connectivity index (χ0n) is 13.4. The van der Waals surface area contributed by atoms with Crippen LogP contribution in [0.4, 0.5) is 10.5 Å². The van der Waals surface area contributed by atoms with E-state index in [4.69, 9.17) is 11.6 Å². The Labute approximate surface area is 145 Å². The highest BCUT2D eigenvalue weighted by atomic mass is 35.5. The van der Waals surface area contributed by atoms with E-state index in [9.17, 15) is 20.0 Å². The number of hydrogen-bond acceptors (Lipinski definition) is 4. The van der Waals surface area contributed by atoms with Gasteiger partial charge in [-0.25, -0.2) is 4.79 Å². The number of nitro groups is 1. The minimum Gasteiger partial charge on any atom is -0.465 e. The van der Waals surface area contributed by atoms with E-state index in [2.05, 4.69) is 11.9 Å². The van der Waals surface area contributed by atoms with Crippen molar-refractivity contribution in [2.45, 2.75) is 50.4 Å². The maximum atomic E-state index is 11.8. The zero-order chi connectivity index (χ0) is 17.4. The van der Waals surface area contributed by atoms with Gasteiger partial charge in [0, 0.05) is 29.2 Å². The highest BCUT2D eigenvalue weighted by Crippen LogP contribution is 2.37. The van der Waals surface area contributed by atoms with Crippen LogP contribution in [0, 0.1) is 10.1 Å². The fourth-order valence-electron chi connectivity index (χ4n) is 4.03. The van der Waals surface area contributed by atoms with Crippen LogP contribution < -0.4 is 0 Å². The van der Waals surface area contributed by atoms with Crippen molar-refractivity contribution in [2.75, 3.05) is 7.05 Å². The standard InChI is InChI=1S/C16H20ClN3O4/c1-18-12-3-4-13(18)8-14(7-12)19(16(21)22)9-10-6-11(17)2-5-15(10)20(23)24/h2,5-6,12-14H,3-4,7-9H2,1H3,(H,21,22)/t12-,13+,14+. The number of halogens is 1. The third-order valence-corrected chi connectivity index (χ3v) is 5.57. The van der Waals surface area contributed by atoms with E-state index < -0.39 is 11.0 Å². The van der Waals surface area contributed by atoms with Crippen LogP contribution in [0.2, 0.25) is 5.02 Å². The molecule has 2 heterocycles. The number of benzene rings is 1. The van der Waals surface area contributed by atoms with Crippen LogP contribution in [0.15, 0.2) is 18.2 Å². The smallest absolute Gasteiger partial charge is 0.407 e. The van der Waals surface area contributed by atoms with Gasteiger partial charge >= 0.3 is 6.09 Å². The summed E-state index contributed by atoms with van der Waals surface area (Å²) in [6.07, 6.45) is 2.67. The first-order valence-corrected chi connectivity index (χ1v) is 8.39. The summed E-state index contributed by atoms with van der Waals surface area (Å²) < 4.78 is 0. The van der Waals surface area contributed by atoms with Crippen molar-refractivity contribution in [2.24, 2.45) is 0 Å². The van der Waals surface area contributed by atoms with Crippen LogP contribution >= 0.6 is 11.6 Å². The van der Waals surface area contributed by atoms with Gasteiger partial charge in [0.1, 0.15) is 0 Å². The van der Waals surface area contributed by atoms with Gasteiger partial charge in [0.15, 0.2) is 0 Å². The van der Waals surface area contributed by atoms with E-state index in [1.54, 1.807) is 0 Å². The Morgan fingerprint density at radius 2 is 2.04 bits per heavy atom. The number of nitro benzene ring substituents is 1. The Morgan fingerprint density at radius 3 is 2.58 bits per heavy atom. The second-order valence-electron chi connectivity index (χ2n) is 6.62. The Balaban J connectivity index is 1.84. The fourth-order valence-corrected chi connectivity index (χ4v) is 4.23. The molecule has 7 nitrogen and oxygen atoms in total. The predicted molar refractivity (Wildman–Crippen MR) is 89.3 cm³/mol. The highest BCUT2D eigenvalue weighted by Gasteiger charge is 2.41. The van der Waals surface area contributed by atoms with Crippen LogP contribution in [0.5, 0.6) is 0 Å². The third kappa shape index (κ3) is 3.18. The van der Waals surface area contributed by atoms with Crippen molar-refractivity contribution < 1.29 is 14.8 Å². The zero-order valence-corrected chi connectivity index (χ0v) is 14.1. The van der Waals surface area contributed by atoms with E-state index in [1.807, 2.05) is 0 Å². The van der Waals surface area contributed by atoms with Gasteiger partial charge in [0.2, 0.25) is 0 Å². The molecule has 1 aromatic rings. The van der Waals surface area contributed by atoms with Gasteiger partial charge < -0.3 is 14.9 Å². The molecule has 2 aliphatic heterocycles. The molecule has 0 unspecified atom stereocenters. The molecule has 3 rings (SSSR count). The molecule has 1 amide bonds. The van der Waals surface area contributed by atoms with Gasteiger partial charge in [-0.05, 0) is 44.9 Å². The molecule has 0 aromatic heterocycles. The highest BCUT2D eigenvalue weighted by molar-refractivity contribution is 6.30. The Kier molecular flexibility index (Phi) is 4.64. The van der Waals surface area contributed by atoms with Crippen molar-refractivity contribution in [3.8, 4) is 0 Å². The number of carbonyl (C=O) groups is 1. The summed E-state index contributed by atoms with van der Waals surface area (Å²) in [6.45, 7) is -0.0139. The van der Waals surface area contributed by atoms with Crippen LogP contribution in [0.25, 0.3) is 0 Å². The Morgan fingerprint density at radius 1 is 1.42 bits per heavy atom. The maximum absolute atomic E-state index is 11.8. The number of amides is 1. The molecule has 0 saturated carbocycles. The van der Waals surface area contributed by atoms with E-state index >= 15 is 0 Å². The van der Waals surface area contributed by atoms with Gasteiger partial charge in [-0.15, -0.1) is 0 Å². The SMILES string of the molecule is CN1[C@@H]2CC[C@H]1C[C@@H](N(Cc1cc(Cl)ccc1[N+](=O)[O-])C(=O)O)C2. The minimum absolute atomic E-state index is 0.0139. The summed E-state index contributed by atoms with van der Waals surface area (Å²) in [5, 5.41) is 21.2. The maximum Gasteiger partial charge on any atom is 0.407 e. The van der Waals surface area contributed by atoms with Crippen LogP contribution in [0.3, 0.4) is 0 Å². The molecule has 2 saturated heterocycles. The summed E-state index contributed by atoms with van der Waals surface area (Å²) in [5.74, 6) is 0. The van der Waals surface area contributed by atoms with Crippen LogP contribution in [-0.4, -0.2) is 51.1 Å². The number of rotatable bonds is 4. The van der Waals surface area contributed by atoms with Gasteiger partial charge in [0.05, 0.1) is 17.0 Å². The summed E-state index contributed by atoms with van der Waals surface area (Å²) in [5.41, 5.74) is 0.239. The molecule has 1 N–H and O–H groups in total. The monoisotopic (exact) mass is 353 g/mol. The quantitative estimate of drug-likeness (QED) is 0.662. The molecule has 1 aromatic carbocycles. The first-order chi connectivity index (χ1) is 11.4. The first kappa shape index (κ1) is 17.0. The summed E-state index contributed by atoms with van der Waals surface area (Å²) in [7, 11) is 2.09. The normalized spacial score (nSPS) is 26.3. The number of carboxylic acid groups (broad SMARTS) is 1. The van der Waals surface area contributed by atoms with Gasteiger partial charge in [-0.2, -0.15) is 0 Å². The van der Waals surface area contributed by atoms with Crippen molar-refractivity contribution in [3.05, 3.63) is 38.9 Å². The lowest BCUT2D eigenvalue weighted by molar-refractivity contribution is -0.385. The Hall–Kier alpha value is -1.86. The molecule has 130 valence electrons. The van der Waals surface area contributed by atoms with Crippen molar-refractivity contribution in [1.82, 2.24) is 9.80 Å². The topological polar surface area (TPSA) is 86.9 Å². The molecule has 0 spiro atoms. The Bertz CT molecular complexity index is 655. The largest absolute Gasteiger partial charge is 0.465 e. The van der Waals surface area contributed by atoms with Crippen molar-refractivity contribution >= 4 is 23.4 Å². The van der Waals surface area contributed by atoms with Crippen LogP contribution in [0.1, 0.15) is 31.2 Å². The first-order valence-electron chi connectivity index (χ1n) is 8.01. The molecule has 0 aliphatic carbocycles. The summed E-state index contributed by atoms with van der Waals surface area (Å²) in [4.78, 5) is 26.2. The van der Waals surface area contributed by atoms with E-state index in [0.717, 1.165) is 25.7 Å². The fraction of sp³-hybridized carbons (Fsp3) is 0.562. The van der Waals surface area contributed by atoms with Gasteiger partial charge in [0.25, 0.3) is 5.69 Å². The lowest BCUT2D eigenvalue weighted by atomic mass is 9.96. The lowest BCUT2D eigenvalue weighted by Gasteiger charge is -2.40. The second-order valence-corrected chi connectivity index (χ2v) is 7.05. The van der Waals surface area contributed by atoms with Crippen LogP contribution in [-0.2, 0) is 6.54 Å².